The van der Waals surface area contributed by atoms with Crippen molar-refractivity contribution >= 4 is 21.8 Å². The molecule has 0 bridgehead atoms. The number of fused-ring (bicyclic) bond motifs is 3. The number of para-hydroxylation sites is 1. The quantitative estimate of drug-likeness (QED) is 0.208. The third kappa shape index (κ3) is 4.53. The van der Waals surface area contributed by atoms with Crippen molar-refractivity contribution in [1.29, 1.82) is 0 Å². The first-order valence-electron chi connectivity index (χ1n) is 14.4. The molecule has 206 valence electrons. The number of ether oxygens (including phenoxy) is 1. The van der Waals surface area contributed by atoms with E-state index in [-0.39, 0.29) is 0 Å². The van der Waals surface area contributed by atoms with Crippen LogP contribution >= 0.6 is 0 Å². The molecule has 0 aliphatic heterocycles. The maximum atomic E-state index is 6.52. The minimum atomic E-state index is 0.766. The summed E-state index contributed by atoms with van der Waals surface area (Å²) < 4.78 is 10.7. The number of benzene rings is 4. The van der Waals surface area contributed by atoms with Gasteiger partial charge in [-0.25, -0.2) is 9.67 Å². The molecule has 0 spiro atoms. The number of pyridine rings is 1. The monoisotopic (exact) mass is 548 g/mol. The van der Waals surface area contributed by atoms with Crippen LogP contribution in [0.3, 0.4) is 0 Å². The van der Waals surface area contributed by atoms with Crippen LogP contribution < -0.4 is 4.74 Å². The van der Waals surface area contributed by atoms with Gasteiger partial charge in [-0.1, -0.05) is 43.3 Å². The van der Waals surface area contributed by atoms with Gasteiger partial charge >= 0.3 is 0 Å². The first kappa shape index (κ1) is 25.8. The third-order valence-corrected chi connectivity index (χ3v) is 7.98. The van der Waals surface area contributed by atoms with Crippen molar-refractivity contribution in [2.24, 2.45) is 0 Å². The van der Waals surface area contributed by atoms with Gasteiger partial charge in [0.2, 0.25) is 0 Å². The van der Waals surface area contributed by atoms with Crippen LogP contribution in [0.15, 0.2) is 110 Å². The van der Waals surface area contributed by atoms with E-state index in [2.05, 4.69) is 117 Å². The average Bonchev–Trinajstić information content (AvgIpc) is 3.60. The summed E-state index contributed by atoms with van der Waals surface area (Å²) in [4.78, 5) is 4.75. The largest absolute Gasteiger partial charge is 0.457 e. The van der Waals surface area contributed by atoms with Gasteiger partial charge in [-0.05, 0) is 97.5 Å². The molecule has 7 aromatic rings. The summed E-state index contributed by atoms with van der Waals surface area (Å²) in [6.07, 6.45) is 6.88. The lowest BCUT2D eigenvalue weighted by atomic mass is 9.98. The van der Waals surface area contributed by atoms with Gasteiger partial charge in [0.15, 0.2) is 0 Å². The molecule has 0 saturated carbocycles. The number of hydrogen-bond acceptors (Lipinski definition) is 3. The number of rotatable bonds is 6. The summed E-state index contributed by atoms with van der Waals surface area (Å²) >= 11 is 0. The number of aromatic nitrogens is 4. The maximum absolute atomic E-state index is 6.52. The Hall–Kier alpha value is -5.16. The molecule has 0 atom stereocenters. The van der Waals surface area contributed by atoms with Crippen molar-refractivity contribution in [3.05, 3.63) is 132 Å². The zero-order chi connectivity index (χ0) is 28.8. The van der Waals surface area contributed by atoms with Crippen LogP contribution in [0.4, 0.5) is 0 Å². The van der Waals surface area contributed by atoms with E-state index >= 15 is 0 Å². The molecule has 5 nitrogen and oxygen atoms in total. The molecule has 0 aliphatic carbocycles. The van der Waals surface area contributed by atoms with E-state index in [9.17, 15) is 0 Å². The predicted molar refractivity (Wildman–Crippen MR) is 171 cm³/mol. The summed E-state index contributed by atoms with van der Waals surface area (Å²) in [5.41, 5.74) is 10.3. The minimum Gasteiger partial charge on any atom is -0.457 e. The van der Waals surface area contributed by atoms with Gasteiger partial charge in [0.05, 0.1) is 22.9 Å². The topological polar surface area (TPSA) is 44.9 Å². The van der Waals surface area contributed by atoms with Crippen molar-refractivity contribution in [1.82, 2.24) is 19.3 Å². The van der Waals surface area contributed by atoms with Gasteiger partial charge < -0.3 is 4.74 Å². The molecule has 0 unspecified atom stereocenters. The van der Waals surface area contributed by atoms with Crippen LogP contribution in [0, 0.1) is 20.8 Å². The van der Waals surface area contributed by atoms with Crippen molar-refractivity contribution in [3.63, 3.8) is 0 Å². The highest BCUT2D eigenvalue weighted by Gasteiger charge is 2.15. The predicted octanol–water partition coefficient (Wildman–Crippen LogP) is 9.31. The standard InChI is InChI=1S/C37H32N4O/c1-5-27-15-16-38-36(19-27)41-34-12-7-6-11-32(34)33-14-13-30(21-35(33)41)42-31-18-24(2)17-29(20-31)40-23-28(22-39-40)37-25(3)9-8-10-26(37)4/h6-23H,5H2,1-4H3. The van der Waals surface area contributed by atoms with Crippen LogP contribution in [0.2, 0.25) is 0 Å². The first-order valence-corrected chi connectivity index (χ1v) is 14.4. The number of hydrogen-bond donors (Lipinski definition) is 0. The second kappa shape index (κ2) is 10.3. The van der Waals surface area contributed by atoms with Gasteiger partial charge in [0.25, 0.3) is 0 Å². The van der Waals surface area contributed by atoms with Crippen LogP contribution in [0.5, 0.6) is 11.5 Å². The SMILES string of the molecule is CCc1ccnc(-n2c3ccccc3c3ccc(Oc4cc(C)cc(-n5cc(-c6c(C)cccc6C)cn5)c4)cc32)c1. The lowest BCUT2D eigenvalue weighted by Gasteiger charge is -2.12. The first-order chi connectivity index (χ1) is 20.5. The van der Waals surface area contributed by atoms with Crippen molar-refractivity contribution < 1.29 is 4.74 Å². The van der Waals surface area contributed by atoms with Crippen molar-refractivity contribution in [3.8, 4) is 34.1 Å². The normalized spacial score (nSPS) is 11.4. The Morgan fingerprint density at radius 3 is 2.38 bits per heavy atom. The van der Waals surface area contributed by atoms with E-state index in [0.717, 1.165) is 51.6 Å². The molecule has 0 fully saturated rings. The zero-order valence-electron chi connectivity index (χ0n) is 24.3. The van der Waals surface area contributed by atoms with E-state index in [4.69, 9.17) is 14.8 Å². The van der Waals surface area contributed by atoms with Crippen LogP contribution in [0.25, 0.3) is 44.4 Å². The molecule has 42 heavy (non-hydrogen) atoms. The third-order valence-electron chi connectivity index (χ3n) is 7.98. The summed E-state index contributed by atoms with van der Waals surface area (Å²) in [6, 6.07) is 31.7. The molecule has 4 aromatic carbocycles. The summed E-state index contributed by atoms with van der Waals surface area (Å²) in [7, 11) is 0. The molecule has 7 rings (SSSR count). The molecule has 0 amide bonds. The second-order valence-electron chi connectivity index (χ2n) is 11.0. The summed E-state index contributed by atoms with van der Waals surface area (Å²) in [5, 5.41) is 7.07. The van der Waals surface area contributed by atoms with Gasteiger partial charge in [-0.2, -0.15) is 5.10 Å². The molecule has 0 saturated heterocycles. The number of aryl methyl sites for hydroxylation is 4. The number of nitrogens with zero attached hydrogens (tertiary/aromatic N) is 4. The highest BCUT2D eigenvalue weighted by atomic mass is 16.5. The van der Waals surface area contributed by atoms with E-state index in [1.165, 1.54) is 33.0 Å². The Kier molecular flexibility index (Phi) is 6.35. The highest BCUT2D eigenvalue weighted by molar-refractivity contribution is 6.09. The maximum Gasteiger partial charge on any atom is 0.137 e. The fourth-order valence-electron chi connectivity index (χ4n) is 5.98. The fraction of sp³-hybridized carbons (Fsp3) is 0.135. The van der Waals surface area contributed by atoms with E-state index in [0.29, 0.717) is 0 Å². The zero-order valence-corrected chi connectivity index (χ0v) is 24.3. The Balaban J connectivity index is 1.28. The van der Waals surface area contributed by atoms with Gasteiger partial charge in [0, 0.05) is 40.9 Å². The summed E-state index contributed by atoms with van der Waals surface area (Å²) in [6.45, 7) is 8.54. The lowest BCUT2D eigenvalue weighted by molar-refractivity contribution is 0.482. The molecule has 5 heteroatoms. The Morgan fingerprint density at radius 1 is 0.738 bits per heavy atom. The molecule has 3 heterocycles. The van der Waals surface area contributed by atoms with Crippen molar-refractivity contribution in [2.75, 3.05) is 0 Å². The molecule has 0 N–H and O–H groups in total. The Bertz CT molecular complexity index is 2080. The van der Waals surface area contributed by atoms with Crippen LogP contribution in [-0.2, 0) is 6.42 Å². The van der Waals surface area contributed by atoms with Gasteiger partial charge in [0.1, 0.15) is 17.3 Å². The highest BCUT2D eigenvalue weighted by Crippen LogP contribution is 2.36. The molecular weight excluding hydrogens is 516 g/mol. The lowest BCUT2D eigenvalue weighted by Crippen LogP contribution is -1.98. The molecule has 0 aliphatic rings. The van der Waals surface area contributed by atoms with Crippen LogP contribution in [-0.4, -0.2) is 19.3 Å². The van der Waals surface area contributed by atoms with Gasteiger partial charge in [-0.3, -0.25) is 4.57 Å². The molecular formula is C37H32N4O. The van der Waals surface area contributed by atoms with Crippen molar-refractivity contribution in [2.45, 2.75) is 34.1 Å². The van der Waals surface area contributed by atoms with E-state index in [1.54, 1.807) is 0 Å². The fourth-order valence-corrected chi connectivity index (χ4v) is 5.98. The Labute approximate surface area is 245 Å². The van der Waals surface area contributed by atoms with Gasteiger partial charge in [-0.15, -0.1) is 0 Å². The molecule has 0 radical (unpaired) electrons. The minimum absolute atomic E-state index is 0.766. The summed E-state index contributed by atoms with van der Waals surface area (Å²) in [5.74, 6) is 2.45. The smallest absolute Gasteiger partial charge is 0.137 e. The van der Waals surface area contributed by atoms with E-state index < -0.39 is 0 Å². The van der Waals surface area contributed by atoms with Crippen LogP contribution in [0.1, 0.15) is 29.2 Å². The Morgan fingerprint density at radius 2 is 1.55 bits per heavy atom. The van der Waals surface area contributed by atoms with E-state index in [1.807, 2.05) is 29.2 Å². The molecule has 3 aromatic heterocycles. The second-order valence-corrected chi connectivity index (χ2v) is 11.0. The average molecular weight is 549 g/mol.